The van der Waals surface area contributed by atoms with E-state index in [0.29, 0.717) is 0 Å². The van der Waals surface area contributed by atoms with Crippen LogP contribution < -0.4 is 5.32 Å². The quantitative estimate of drug-likeness (QED) is 0.862. The van der Waals surface area contributed by atoms with Gasteiger partial charge in [-0.25, -0.2) is 4.98 Å². The highest BCUT2D eigenvalue weighted by Gasteiger charge is 2.21. The molecule has 1 N–H and O–H groups in total. The van der Waals surface area contributed by atoms with Crippen LogP contribution >= 0.6 is 0 Å². The van der Waals surface area contributed by atoms with E-state index in [-0.39, 0.29) is 6.04 Å². The Morgan fingerprint density at radius 2 is 2.18 bits per heavy atom. The van der Waals surface area contributed by atoms with Crippen LogP contribution in [0, 0.1) is 6.92 Å². The number of nitrogens with one attached hydrogen (secondary N) is 1. The molecule has 0 radical (unpaired) electrons. The van der Waals surface area contributed by atoms with E-state index in [9.17, 15) is 0 Å². The Morgan fingerprint density at radius 3 is 2.65 bits per heavy atom. The third-order valence-electron chi connectivity index (χ3n) is 3.11. The van der Waals surface area contributed by atoms with Crippen LogP contribution in [-0.4, -0.2) is 25.9 Å². The van der Waals surface area contributed by atoms with Gasteiger partial charge in [0.05, 0.1) is 12.2 Å². The van der Waals surface area contributed by atoms with E-state index in [1.54, 1.807) is 0 Å². The van der Waals surface area contributed by atoms with Crippen molar-refractivity contribution in [3.8, 4) is 0 Å². The number of rotatable bonds is 4. The first-order valence-corrected chi connectivity index (χ1v) is 5.84. The molecule has 5 nitrogen and oxygen atoms in total. The van der Waals surface area contributed by atoms with Crippen molar-refractivity contribution in [3.05, 3.63) is 35.7 Å². The summed E-state index contributed by atoms with van der Waals surface area (Å²) >= 11 is 0. The maximum Gasteiger partial charge on any atom is 0.130 e. The molecule has 2 rings (SSSR count). The predicted octanol–water partition coefficient (Wildman–Crippen LogP) is 1.16. The Balaban J connectivity index is 2.43. The van der Waals surface area contributed by atoms with Crippen LogP contribution in [0.2, 0.25) is 0 Å². The zero-order valence-electron chi connectivity index (χ0n) is 10.8. The summed E-state index contributed by atoms with van der Waals surface area (Å²) in [5, 5.41) is 7.76. The summed E-state index contributed by atoms with van der Waals surface area (Å²) in [6.07, 6.45) is 5.70. The molecule has 1 atom stereocenters. The largest absolute Gasteiger partial charge is 0.336 e. The highest BCUT2D eigenvalue weighted by molar-refractivity contribution is 5.26. The summed E-state index contributed by atoms with van der Waals surface area (Å²) in [4.78, 5) is 4.42. The van der Waals surface area contributed by atoms with E-state index < -0.39 is 0 Å². The fourth-order valence-electron chi connectivity index (χ4n) is 2.00. The molecule has 0 aliphatic heterocycles. The molecule has 2 aromatic heterocycles. The number of hydrogen-bond donors (Lipinski definition) is 1. The summed E-state index contributed by atoms with van der Waals surface area (Å²) in [7, 11) is 3.97. The van der Waals surface area contributed by atoms with Crippen LogP contribution in [0.3, 0.4) is 0 Å². The lowest BCUT2D eigenvalue weighted by Gasteiger charge is -2.17. The normalized spacial score (nSPS) is 12.9. The summed E-state index contributed by atoms with van der Waals surface area (Å²) in [6, 6.07) is 0.105. The van der Waals surface area contributed by atoms with Gasteiger partial charge in [0.25, 0.3) is 0 Å². The molecule has 0 aliphatic rings. The second-order valence-corrected chi connectivity index (χ2v) is 4.20. The first kappa shape index (κ1) is 11.9. The van der Waals surface area contributed by atoms with Crippen LogP contribution in [0.1, 0.15) is 30.0 Å². The Morgan fingerprint density at radius 1 is 1.41 bits per heavy atom. The molecule has 2 heterocycles. The summed E-state index contributed by atoms with van der Waals surface area (Å²) in [5.41, 5.74) is 2.35. The minimum absolute atomic E-state index is 0.105. The standard InChI is InChI=1S/C12H19N5/c1-5-13-11(12-14-6-7-16(12)3)10-8-15-17(4)9(10)2/h6-8,11,13H,5H2,1-4H3. The average Bonchev–Trinajstić information content (AvgIpc) is 2.85. The molecular weight excluding hydrogens is 214 g/mol. The van der Waals surface area contributed by atoms with E-state index >= 15 is 0 Å². The highest BCUT2D eigenvalue weighted by Crippen LogP contribution is 2.22. The van der Waals surface area contributed by atoms with Gasteiger partial charge in [0, 0.05) is 37.7 Å². The van der Waals surface area contributed by atoms with Crippen LogP contribution in [0.25, 0.3) is 0 Å². The monoisotopic (exact) mass is 233 g/mol. The SMILES string of the molecule is CCNC(c1cnn(C)c1C)c1nccn1C. The molecule has 0 aromatic carbocycles. The Labute approximate surface area is 101 Å². The molecule has 0 amide bonds. The lowest BCUT2D eigenvalue weighted by atomic mass is 10.1. The lowest BCUT2D eigenvalue weighted by molar-refractivity contribution is 0.573. The third kappa shape index (κ3) is 2.10. The topological polar surface area (TPSA) is 47.7 Å². The summed E-state index contributed by atoms with van der Waals surface area (Å²) in [6.45, 7) is 5.07. The molecule has 0 bridgehead atoms. The molecule has 1 unspecified atom stereocenters. The van der Waals surface area contributed by atoms with Crippen LogP contribution in [-0.2, 0) is 14.1 Å². The lowest BCUT2D eigenvalue weighted by Crippen LogP contribution is -2.25. The maximum atomic E-state index is 4.42. The van der Waals surface area contributed by atoms with Crippen LogP contribution in [0.15, 0.2) is 18.6 Å². The van der Waals surface area contributed by atoms with Gasteiger partial charge in [-0.2, -0.15) is 5.10 Å². The van der Waals surface area contributed by atoms with Crippen molar-refractivity contribution in [1.82, 2.24) is 24.6 Å². The van der Waals surface area contributed by atoms with E-state index in [1.165, 1.54) is 11.3 Å². The molecule has 0 aliphatic carbocycles. The van der Waals surface area contributed by atoms with Gasteiger partial charge in [-0.15, -0.1) is 0 Å². The van der Waals surface area contributed by atoms with E-state index in [4.69, 9.17) is 0 Å². The Hall–Kier alpha value is -1.62. The van der Waals surface area contributed by atoms with Crippen molar-refractivity contribution in [3.63, 3.8) is 0 Å². The Kier molecular flexibility index (Phi) is 3.28. The Bertz CT molecular complexity index is 497. The van der Waals surface area contributed by atoms with Gasteiger partial charge in [0.2, 0.25) is 0 Å². The van der Waals surface area contributed by atoms with Gasteiger partial charge >= 0.3 is 0 Å². The van der Waals surface area contributed by atoms with Crippen molar-refractivity contribution in [2.45, 2.75) is 19.9 Å². The number of aromatic nitrogens is 4. The fraction of sp³-hybridized carbons (Fsp3) is 0.500. The summed E-state index contributed by atoms with van der Waals surface area (Å²) in [5.74, 6) is 1.02. The first-order valence-electron chi connectivity index (χ1n) is 5.84. The smallest absolute Gasteiger partial charge is 0.130 e. The summed E-state index contributed by atoms with van der Waals surface area (Å²) < 4.78 is 3.93. The van der Waals surface area contributed by atoms with Crippen molar-refractivity contribution in [2.75, 3.05) is 6.54 Å². The molecule has 2 aromatic rings. The molecular formula is C12H19N5. The molecule has 92 valence electrons. The zero-order chi connectivity index (χ0) is 12.4. The second-order valence-electron chi connectivity index (χ2n) is 4.20. The number of nitrogens with zero attached hydrogens (tertiary/aromatic N) is 4. The molecule has 0 fully saturated rings. The average molecular weight is 233 g/mol. The second kappa shape index (κ2) is 4.71. The predicted molar refractivity (Wildman–Crippen MR) is 66.7 cm³/mol. The van der Waals surface area contributed by atoms with E-state index in [1.807, 2.05) is 41.9 Å². The van der Waals surface area contributed by atoms with Crippen LogP contribution in [0.5, 0.6) is 0 Å². The van der Waals surface area contributed by atoms with Gasteiger partial charge in [0.15, 0.2) is 0 Å². The number of aryl methyl sites for hydroxylation is 2. The van der Waals surface area contributed by atoms with E-state index in [0.717, 1.165) is 12.4 Å². The van der Waals surface area contributed by atoms with Gasteiger partial charge < -0.3 is 9.88 Å². The van der Waals surface area contributed by atoms with Crippen molar-refractivity contribution >= 4 is 0 Å². The molecule has 0 saturated heterocycles. The fourth-order valence-corrected chi connectivity index (χ4v) is 2.00. The minimum atomic E-state index is 0.105. The number of hydrogen-bond acceptors (Lipinski definition) is 3. The molecule has 5 heteroatoms. The highest BCUT2D eigenvalue weighted by atomic mass is 15.3. The first-order chi connectivity index (χ1) is 8.15. The van der Waals surface area contributed by atoms with Crippen LogP contribution in [0.4, 0.5) is 0 Å². The maximum absolute atomic E-state index is 4.42. The molecule has 17 heavy (non-hydrogen) atoms. The van der Waals surface area contributed by atoms with E-state index in [2.05, 4.69) is 29.2 Å². The number of imidazole rings is 1. The zero-order valence-corrected chi connectivity index (χ0v) is 10.8. The van der Waals surface area contributed by atoms with Gasteiger partial charge in [-0.1, -0.05) is 6.92 Å². The van der Waals surface area contributed by atoms with Gasteiger partial charge in [-0.3, -0.25) is 4.68 Å². The minimum Gasteiger partial charge on any atom is -0.336 e. The third-order valence-corrected chi connectivity index (χ3v) is 3.11. The van der Waals surface area contributed by atoms with Crippen molar-refractivity contribution in [1.29, 1.82) is 0 Å². The van der Waals surface area contributed by atoms with Gasteiger partial charge in [0.1, 0.15) is 5.82 Å². The van der Waals surface area contributed by atoms with Crippen molar-refractivity contribution < 1.29 is 0 Å². The molecule has 0 spiro atoms. The van der Waals surface area contributed by atoms with Gasteiger partial charge in [-0.05, 0) is 13.5 Å². The molecule has 0 saturated carbocycles. The van der Waals surface area contributed by atoms with Crippen molar-refractivity contribution in [2.24, 2.45) is 14.1 Å².